The lowest BCUT2D eigenvalue weighted by atomic mass is 10.2. The highest BCUT2D eigenvalue weighted by Gasteiger charge is 2.15. The summed E-state index contributed by atoms with van der Waals surface area (Å²) in [7, 11) is 0. The van der Waals surface area contributed by atoms with E-state index in [4.69, 9.17) is 9.47 Å². The maximum Gasteiger partial charge on any atom is 0.407 e. The molecule has 0 aromatic rings. The highest BCUT2D eigenvalue weighted by Crippen LogP contribution is 2.09. The predicted octanol–water partition coefficient (Wildman–Crippen LogP) is 3.97. The number of carbonyl (C=O) groups excluding carboxylic acids is 2. The standard InChI is InChI=1S/C16H30N2O4S2/c1-15(2,3)21-13(19)17-7-9-23-11-12-24-10-8-18-14(20)22-16(4,5)6/h11-12H,7-10H2,1-6H3,(H,17,19)(H,18,20)/b12-11-. The van der Waals surface area contributed by atoms with Crippen LogP contribution in [0.25, 0.3) is 0 Å². The minimum absolute atomic E-state index is 0.394. The van der Waals surface area contributed by atoms with E-state index in [1.54, 1.807) is 23.5 Å². The topological polar surface area (TPSA) is 76.7 Å². The highest BCUT2D eigenvalue weighted by molar-refractivity contribution is 8.05. The molecule has 0 spiro atoms. The van der Waals surface area contributed by atoms with Crippen molar-refractivity contribution in [2.24, 2.45) is 0 Å². The Hall–Kier alpha value is -1.02. The van der Waals surface area contributed by atoms with Gasteiger partial charge in [0.15, 0.2) is 0 Å². The first kappa shape index (κ1) is 23.0. The van der Waals surface area contributed by atoms with E-state index in [1.165, 1.54) is 0 Å². The molecule has 0 saturated carbocycles. The molecule has 0 atom stereocenters. The molecule has 24 heavy (non-hydrogen) atoms. The third kappa shape index (κ3) is 17.3. The number of alkyl carbamates (subject to hydrolysis) is 2. The van der Waals surface area contributed by atoms with Crippen molar-refractivity contribution in [1.82, 2.24) is 10.6 Å². The first-order valence-corrected chi connectivity index (χ1v) is 9.91. The lowest BCUT2D eigenvalue weighted by Gasteiger charge is -2.19. The normalized spacial score (nSPS) is 12.1. The molecule has 0 rings (SSSR count). The average molecular weight is 379 g/mol. The third-order valence-electron chi connectivity index (χ3n) is 2.02. The smallest absolute Gasteiger partial charge is 0.407 e. The lowest BCUT2D eigenvalue weighted by molar-refractivity contribution is 0.0519. The number of rotatable bonds is 8. The summed E-state index contributed by atoms with van der Waals surface area (Å²) in [6.07, 6.45) is -0.788. The van der Waals surface area contributed by atoms with Crippen LogP contribution in [0.15, 0.2) is 10.8 Å². The molecule has 2 N–H and O–H groups in total. The first-order valence-electron chi connectivity index (χ1n) is 7.81. The van der Waals surface area contributed by atoms with E-state index in [0.29, 0.717) is 13.1 Å². The predicted molar refractivity (Wildman–Crippen MR) is 103 cm³/mol. The van der Waals surface area contributed by atoms with E-state index in [-0.39, 0.29) is 0 Å². The number of ether oxygens (including phenoxy) is 2. The zero-order valence-electron chi connectivity index (χ0n) is 15.4. The summed E-state index contributed by atoms with van der Waals surface area (Å²) in [6, 6.07) is 0. The van der Waals surface area contributed by atoms with Crippen LogP contribution in [0.2, 0.25) is 0 Å². The van der Waals surface area contributed by atoms with Crippen molar-refractivity contribution in [3.63, 3.8) is 0 Å². The third-order valence-corrected chi connectivity index (χ3v) is 3.73. The summed E-state index contributed by atoms with van der Waals surface area (Å²) in [4.78, 5) is 22.8. The Labute approximate surface area is 153 Å². The molecule has 0 unspecified atom stereocenters. The molecule has 140 valence electrons. The Balaban J connectivity index is 3.51. The van der Waals surface area contributed by atoms with Crippen molar-refractivity contribution in [1.29, 1.82) is 0 Å². The van der Waals surface area contributed by atoms with Crippen LogP contribution in [-0.4, -0.2) is 48.0 Å². The van der Waals surface area contributed by atoms with E-state index < -0.39 is 23.4 Å². The molecule has 0 heterocycles. The molecule has 0 aliphatic heterocycles. The van der Waals surface area contributed by atoms with Gasteiger partial charge in [0.25, 0.3) is 0 Å². The summed E-state index contributed by atoms with van der Waals surface area (Å²) in [5.74, 6) is 1.54. The van der Waals surface area contributed by atoms with Crippen LogP contribution in [-0.2, 0) is 9.47 Å². The minimum atomic E-state index is -0.471. The van der Waals surface area contributed by atoms with Crippen molar-refractivity contribution in [2.45, 2.75) is 52.7 Å². The van der Waals surface area contributed by atoms with Crippen LogP contribution in [0, 0.1) is 0 Å². The van der Waals surface area contributed by atoms with E-state index in [0.717, 1.165) is 11.5 Å². The molecule has 0 fully saturated rings. The van der Waals surface area contributed by atoms with Gasteiger partial charge < -0.3 is 20.1 Å². The summed E-state index contributed by atoms with van der Waals surface area (Å²) < 4.78 is 10.3. The van der Waals surface area contributed by atoms with E-state index in [9.17, 15) is 9.59 Å². The van der Waals surface area contributed by atoms with Crippen LogP contribution in [0.1, 0.15) is 41.5 Å². The number of carbonyl (C=O) groups is 2. The molecule has 0 aliphatic carbocycles. The first-order chi connectivity index (χ1) is 11.0. The molecular formula is C16H30N2O4S2. The van der Waals surface area contributed by atoms with Gasteiger partial charge in [-0.25, -0.2) is 9.59 Å². The van der Waals surface area contributed by atoms with Crippen molar-refractivity contribution >= 4 is 35.7 Å². The van der Waals surface area contributed by atoms with Crippen LogP contribution in [0.3, 0.4) is 0 Å². The quantitative estimate of drug-likeness (QED) is 0.622. The molecule has 0 saturated heterocycles. The number of nitrogens with one attached hydrogen (secondary N) is 2. The van der Waals surface area contributed by atoms with E-state index in [1.807, 2.05) is 52.4 Å². The number of hydrogen-bond acceptors (Lipinski definition) is 6. The monoisotopic (exact) mass is 378 g/mol. The molecule has 0 radical (unpaired) electrons. The summed E-state index contributed by atoms with van der Waals surface area (Å²) >= 11 is 3.20. The van der Waals surface area contributed by atoms with Crippen LogP contribution in [0.5, 0.6) is 0 Å². The van der Waals surface area contributed by atoms with Crippen molar-refractivity contribution in [2.75, 3.05) is 24.6 Å². The largest absolute Gasteiger partial charge is 0.444 e. The zero-order valence-corrected chi connectivity index (χ0v) is 17.1. The van der Waals surface area contributed by atoms with Crippen LogP contribution >= 0.6 is 23.5 Å². The highest BCUT2D eigenvalue weighted by atomic mass is 32.2. The maximum absolute atomic E-state index is 11.4. The van der Waals surface area contributed by atoms with Crippen molar-refractivity contribution in [3.05, 3.63) is 10.8 Å². The minimum Gasteiger partial charge on any atom is -0.444 e. The van der Waals surface area contributed by atoms with Gasteiger partial charge in [-0.05, 0) is 52.4 Å². The molecule has 0 aliphatic rings. The van der Waals surface area contributed by atoms with Gasteiger partial charge in [-0.1, -0.05) is 0 Å². The Bertz CT molecular complexity index is 377. The Morgan fingerprint density at radius 1 is 0.792 bits per heavy atom. The van der Waals surface area contributed by atoms with Crippen molar-refractivity contribution in [3.8, 4) is 0 Å². The van der Waals surface area contributed by atoms with E-state index >= 15 is 0 Å². The van der Waals surface area contributed by atoms with Gasteiger partial charge in [-0.15, -0.1) is 23.5 Å². The molecule has 0 aromatic carbocycles. The fourth-order valence-corrected chi connectivity index (χ4v) is 2.61. The second-order valence-corrected chi connectivity index (χ2v) is 8.90. The Kier molecular flexibility index (Phi) is 11.0. The lowest BCUT2D eigenvalue weighted by Crippen LogP contribution is -2.33. The van der Waals surface area contributed by atoms with Crippen LogP contribution < -0.4 is 10.6 Å². The van der Waals surface area contributed by atoms with Gasteiger partial charge in [0.05, 0.1) is 0 Å². The summed E-state index contributed by atoms with van der Waals surface area (Å²) in [5, 5.41) is 9.33. The van der Waals surface area contributed by atoms with Crippen molar-refractivity contribution < 1.29 is 19.1 Å². The number of amides is 2. The molecular weight excluding hydrogens is 348 g/mol. The second kappa shape index (κ2) is 11.5. The summed E-state index contributed by atoms with van der Waals surface area (Å²) in [5.41, 5.74) is -0.942. The average Bonchev–Trinajstić information content (AvgIpc) is 2.36. The van der Waals surface area contributed by atoms with Gasteiger partial charge in [0.1, 0.15) is 11.2 Å². The fourth-order valence-electron chi connectivity index (χ4n) is 1.27. The Morgan fingerprint density at radius 3 is 1.42 bits per heavy atom. The summed E-state index contributed by atoms with van der Waals surface area (Å²) in [6.45, 7) is 12.1. The van der Waals surface area contributed by atoms with Gasteiger partial charge >= 0.3 is 12.2 Å². The van der Waals surface area contributed by atoms with Crippen LogP contribution in [0.4, 0.5) is 9.59 Å². The SMILES string of the molecule is CC(C)(C)OC(=O)NCCS/C=C\SCCNC(=O)OC(C)(C)C. The number of thioether (sulfide) groups is 2. The molecule has 8 heteroatoms. The molecule has 0 aromatic heterocycles. The maximum atomic E-state index is 11.4. The zero-order chi connectivity index (χ0) is 18.6. The van der Waals surface area contributed by atoms with Gasteiger partial charge in [-0.2, -0.15) is 0 Å². The second-order valence-electron chi connectivity index (χ2n) is 6.87. The molecule has 0 bridgehead atoms. The number of hydrogen-bond donors (Lipinski definition) is 2. The van der Waals surface area contributed by atoms with Gasteiger partial charge in [-0.3, -0.25) is 0 Å². The van der Waals surface area contributed by atoms with Gasteiger partial charge in [0, 0.05) is 24.6 Å². The fraction of sp³-hybridized carbons (Fsp3) is 0.750. The van der Waals surface area contributed by atoms with Gasteiger partial charge in [0.2, 0.25) is 0 Å². The molecule has 6 nitrogen and oxygen atoms in total. The van der Waals surface area contributed by atoms with E-state index in [2.05, 4.69) is 10.6 Å². The molecule has 2 amide bonds. The Morgan fingerprint density at radius 2 is 1.12 bits per heavy atom.